The molecular weight excluding hydrogens is 452 g/mol. The van der Waals surface area contributed by atoms with E-state index in [9.17, 15) is 9.59 Å². The number of rotatable bonds is 14. The Bertz CT molecular complexity index is 1040. The third-order valence-electron chi connectivity index (χ3n) is 5.51. The average Bonchev–Trinajstić information content (AvgIpc) is 2.88. The second kappa shape index (κ2) is 16.1. The standard InChI is InChI=1S/C29H36N2O4.CH4/c1-6-23(3)26(34-5)16-15-22(2)20-31(4)29(33)28-25(21-32)13-10-14-27(28)35-18-17-30-19-24-11-8-7-9-12-24;/h6-16,21-22,30H,1,17-20H2,2-5H3;1H4/b16-15-,26-23+;. The van der Waals surface area contributed by atoms with Crippen LogP contribution in [-0.2, 0) is 11.3 Å². The van der Waals surface area contributed by atoms with Crippen molar-refractivity contribution in [2.45, 2.75) is 27.8 Å². The summed E-state index contributed by atoms with van der Waals surface area (Å²) in [5.41, 5.74) is 2.71. The van der Waals surface area contributed by atoms with Crippen molar-refractivity contribution >= 4 is 12.2 Å². The average molecular weight is 493 g/mol. The van der Waals surface area contributed by atoms with Gasteiger partial charge in [0, 0.05) is 32.2 Å². The van der Waals surface area contributed by atoms with E-state index in [1.54, 1.807) is 43.3 Å². The summed E-state index contributed by atoms with van der Waals surface area (Å²) in [6, 6.07) is 15.2. The first kappa shape index (κ1) is 30.4. The zero-order valence-electron chi connectivity index (χ0n) is 21.1. The molecule has 0 heterocycles. The van der Waals surface area contributed by atoms with Gasteiger partial charge in [0.1, 0.15) is 18.1 Å². The Labute approximate surface area is 216 Å². The van der Waals surface area contributed by atoms with Gasteiger partial charge in [-0.3, -0.25) is 9.59 Å². The predicted octanol–water partition coefficient (Wildman–Crippen LogP) is 5.67. The molecule has 1 atom stereocenters. The number of aldehydes is 1. The minimum Gasteiger partial charge on any atom is -0.497 e. The second-order valence-corrected chi connectivity index (χ2v) is 8.33. The van der Waals surface area contributed by atoms with Crippen molar-refractivity contribution in [2.24, 2.45) is 5.92 Å². The highest BCUT2D eigenvalue weighted by Gasteiger charge is 2.21. The van der Waals surface area contributed by atoms with Gasteiger partial charge in [0.2, 0.25) is 0 Å². The summed E-state index contributed by atoms with van der Waals surface area (Å²) in [6.07, 6.45) is 6.30. The maximum atomic E-state index is 13.3. The highest BCUT2D eigenvalue weighted by Crippen LogP contribution is 2.24. The minimum atomic E-state index is -0.259. The van der Waals surface area contributed by atoms with Crippen molar-refractivity contribution in [2.75, 3.05) is 33.9 Å². The molecule has 2 aromatic carbocycles. The Morgan fingerprint density at radius 1 is 1.17 bits per heavy atom. The molecule has 1 unspecified atom stereocenters. The smallest absolute Gasteiger partial charge is 0.258 e. The van der Waals surface area contributed by atoms with E-state index in [2.05, 4.69) is 24.0 Å². The predicted molar refractivity (Wildman–Crippen MR) is 147 cm³/mol. The highest BCUT2D eigenvalue weighted by atomic mass is 16.5. The Kier molecular flexibility index (Phi) is 13.6. The van der Waals surface area contributed by atoms with Crippen molar-refractivity contribution in [3.63, 3.8) is 0 Å². The first-order valence-electron chi connectivity index (χ1n) is 11.7. The second-order valence-electron chi connectivity index (χ2n) is 8.33. The fraction of sp³-hybridized carbons (Fsp3) is 0.333. The molecule has 2 aromatic rings. The Morgan fingerprint density at radius 2 is 1.89 bits per heavy atom. The fourth-order valence-electron chi connectivity index (χ4n) is 3.54. The molecule has 194 valence electrons. The molecule has 1 amide bonds. The molecule has 0 saturated heterocycles. The molecule has 6 heteroatoms. The molecule has 0 aromatic heterocycles. The fourth-order valence-corrected chi connectivity index (χ4v) is 3.54. The number of nitrogens with one attached hydrogen (secondary N) is 1. The van der Waals surface area contributed by atoms with Crippen LogP contribution in [-0.4, -0.2) is 50.9 Å². The number of benzene rings is 2. The van der Waals surface area contributed by atoms with Crippen molar-refractivity contribution in [1.29, 1.82) is 0 Å². The number of ether oxygens (including phenoxy) is 2. The molecule has 0 radical (unpaired) electrons. The molecule has 0 aliphatic carbocycles. The number of carbonyl (C=O) groups excluding carboxylic acids is 2. The zero-order chi connectivity index (χ0) is 25.6. The molecule has 0 spiro atoms. The Hall–Kier alpha value is -3.64. The summed E-state index contributed by atoms with van der Waals surface area (Å²) >= 11 is 0. The van der Waals surface area contributed by atoms with Crippen LogP contribution in [0, 0.1) is 5.92 Å². The lowest BCUT2D eigenvalue weighted by atomic mass is 10.0. The lowest BCUT2D eigenvalue weighted by Crippen LogP contribution is -2.32. The van der Waals surface area contributed by atoms with Crippen LogP contribution in [0.1, 0.15) is 47.6 Å². The van der Waals surface area contributed by atoms with Gasteiger partial charge in [-0.2, -0.15) is 0 Å². The minimum absolute atomic E-state index is 0. The maximum absolute atomic E-state index is 13.3. The van der Waals surface area contributed by atoms with Gasteiger partial charge in [-0.05, 0) is 36.1 Å². The third-order valence-corrected chi connectivity index (χ3v) is 5.51. The number of methoxy groups -OCH3 is 1. The number of hydrogen-bond acceptors (Lipinski definition) is 5. The van der Waals surface area contributed by atoms with Crippen LogP contribution >= 0.6 is 0 Å². The molecular formula is C30H40N2O4. The number of hydrogen-bond donors (Lipinski definition) is 1. The van der Waals surface area contributed by atoms with Crippen molar-refractivity contribution in [3.8, 4) is 5.75 Å². The van der Waals surface area contributed by atoms with Crippen LogP contribution in [0.25, 0.3) is 0 Å². The highest BCUT2D eigenvalue weighted by molar-refractivity contribution is 6.03. The van der Waals surface area contributed by atoms with Crippen LogP contribution < -0.4 is 10.1 Å². The van der Waals surface area contributed by atoms with E-state index in [1.807, 2.05) is 44.2 Å². The summed E-state index contributed by atoms with van der Waals surface area (Å²) in [6.45, 7) is 9.86. The maximum Gasteiger partial charge on any atom is 0.258 e. The number of amides is 1. The molecule has 1 N–H and O–H groups in total. The van der Waals surface area contributed by atoms with E-state index in [0.717, 1.165) is 17.9 Å². The molecule has 6 nitrogen and oxygen atoms in total. The van der Waals surface area contributed by atoms with E-state index in [4.69, 9.17) is 9.47 Å². The molecule has 0 fully saturated rings. The van der Waals surface area contributed by atoms with Gasteiger partial charge in [0.05, 0.1) is 12.7 Å². The molecule has 0 bridgehead atoms. The lowest BCUT2D eigenvalue weighted by Gasteiger charge is -2.22. The molecule has 0 saturated carbocycles. The summed E-state index contributed by atoms with van der Waals surface area (Å²) in [5.74, 6) is 0.928. The lowest BCUT2D eigenvalue weighted by molar-refractivity contribution is 0.0776. The van der Waals surface area contributed by atoms with Gasteiger partial charge in [-0.15, -0.1) is 0 Å². The van der Waals surface area contributed by atoms with Gasteiger partial charge in [-0.25, -0.2) is 0 Å². The number of nitrogens with zero attached hydrogens (tertiary/aromatic N) is 1. The SMILES string of the molecule is C.C=C/C(C)=C(\C=C/C(C)CN(C)C(=O)c1c(C=O)cccc1OCCNCc1ccccc1)OC. The van der Waals surface area contributed by atoms with Gasteiger partial charge >= 0.3 is 0 Å². The van der Waals surface area contributed by atoms with Crippen molar-refractivity contribution in [1.82, 2.24) is 10.2 Å². The normalized spacial score (nSPS) is 12.2. The van der Waals surface area contributed by atoms with Crippen molar-refractivity contribution < 1.29 is 19.1 Å². The number of carbonyl (C=O) groups is 2. The quantitative estimate of drug-likeness (QED) is 0.159. The molecule has 0 aliphatic rings. The van der Waals surface area contributed by atoms with Crippen LogP contribution in [0.4, 0.5) is 0 Å². The summed E-state index contributed by atoms with van der Waals surface area (Å²) < 4.78 is 11.3. The van der Waals surface area contributed by atoms with E-state index in [0.29, 0.717) is 37.3 Å². The van der Waals surface area contributed by atoms with Crippen LogP contribution in [0.2, 0.25) is 0 Å². The molecule has 36 heavy (non-hydrogen) atoms. The number of allylic oxidation sites excluding steroid dienone is 3. The van der Waals surface area contributed by atoms with Crippen LogP contribution in [0.5, 0.6) is 5.75 Å². The Balaban J connectivity index is 0.00000648. The topological polar surface area (TPSA) is 67.9 Å². The van der Waals surface area contributed by atoms with Crippen molar-refractivity contribution in [3.05, 3.63) is 101 Å². The summed E-state index contributed by atoms with van der Waals surface area (Å²) in [4.78, 5) is 26.6. The summed E-state index contributed by atoms with van der Waals surface area (Å²) in [7, 11) is 3.34. The van der Waals surface area contributed by atoms with E-state index < -0.39 is 0 Å². The largest absolute Gasteiger partial charge is 0.497 e. The Morgan fingerprint density at radius 3 is 2.53 bits per heavy atom. The first-order valence-corrected chi connectivity index (χ1v) is 11.7. The summed E-state index contributed by atoms with van der Waals surface area (Å²) in [5, 5.41) is 3.32. The van der Waals surface area contributed by atoms with Gasteiger partial charge in [0.15, 0.2) is 6.29 Å². The van der Waals surface area contributed by atoms with E-state index in [-0.39, 0.29) is 24.8 Å². The van der Waals surface area contributed by atoms with E-state index in [1.165, 1.54) is 5.56 Å². The zero-order valence-corrected chi connectivity index (χ0v) is 21.1. The van der Waals surface area contributed by atoms with Gasteiger partial charge in [0.25, 0.3) is 5.91 Å². The van der Waals surface area contributed by atoms with Gasteiger partial charge in [-0.1, -0.05) is 75.5 Å². The first-order chi connectivity index (χ1) is 16.9. The molecule has 2 rings (SSSR count). The monoisotopic (exact) mass is 492 g/mol. The third kappa shape index (κ3) is 9.19. The molecule has 0 aliphatic heterocycles. The van der Waals surface area contributed by atoms with Gasteiger partial charge < -0.3 is 19.7 Å². The van der Waals surface area contributed by atoms with Crippen LogP contribution in [0.15, 0.2) is 84.7 Å². The van der Waals surface area contributed by atoms with E-state index >= 15 is 0 Å². The van der Waals surface area contributed by atoms with Crippen LogP contribution in [0.3, 0.4) is 0 Å².